The van der Waals surface area contributed by atoms with E-state index in [1.807, 2.05) is 0 Å². The maximum Gasteiger partial charge on any atom is 0.314 e. The summed E-state index contributed by atoms with van der Waals surface area (Å²) in [5, 5.41) is 12.9. The van der Waals surface area contributed by atoms with Gasteiger partial charge in [-0.1, -0.05) is 30.3 Å². The Kier molecular flexibility index (Phi) is 5.33. The van der Waals surface area contributed by atoms with Crippen molar-refractivity contribution in [2.45, 2.75) is 6.04 Å². The van der Waals surface area contributed by atoms with E-state index in [-0.39, 0.29) is 12.4 Å². The fourth-order valence-corrected chi connectivity index (χ4v) is 1.14. The van der Waals surface area contributed by atoms with Crippen molar-refractivity contribution in [2.75, 3.05) is 7.05 Å². The Bertz CT molecular complexity index is 342. The van der Waals surface area contributed by atoms with Crippen molar-refractivity contribution >= 4 is 18.3 Å². The first kappa shape index (κ1) is 13.4. The van der Waals surface area contributed by atoms with Crippen molar-refractivity contribution in [3.8, 4) is 0 Å². The molecule has 1 rings (SSSR count). The molecule has 0 radical (unpaired) electrons. The van der Waals surface area contributed by atoms with E-state index >= 15 is 0 Å². The van der Waals surface area contributed by atoms with Gasteiger partial charge in [-0.3, -0.25) is 14.9 Å². The Morgan fingerprint density at radius 1 is 1.40 bits per heavy atom. The number of benzene rings is 1. The molecule has 0 saturated heterocycles. The van der Waals surface area contributed by atoms with Crippen LogP contribution in [-0.4, -0.2) is 17.9 Å². The molecule has 0 bridgehead atoms. The van der Waals surface area contributed by atoms with Crippen molar-refractivity contribution < 1.29 is 9.72 Å². The van der Waals surface area contributed by atoms with Gasteiger partial charge in [0, 0.05) is 17.5 Å². The van der Waals surface area contributed by atoms with Crippen LogP contribution in [0.5, 0.6) is 0 Å². The Morgan fingerprint density at radius 2 is 1.93 bits per heavy atom. The molecule has 6 heteroatoms. The molecule has 1 unspecified atom stereocenters. The van der Waals surface area contributed by atoms with Crippen molar-refractivity contribution in [1.29, 1.82) is 0 Å². The Morgan fingerprint density at radius 3 is 2.33 bits per heavy atom. The van der Waals surface area contributed by atoms with Crippen LogP contribution in [-0.2, 0) is 4.79 Å². The summed E-state index contributed by atoms with van der Waals surface area (Å²) in [4.78, 5) is 21.2. The van der Waals surface area contributed by atoms with E-state index in [2.05, 4.69) is 5.32 Å². The van der Waals surface area contributed by atoms with E-state index in [9.17, 15) is 14.9 Å². The maximum absolute atomic E-state index is 11.2. The number of likely N-dealkylation sites (N-methyl/N-ethyl adjacent to an activating group) is 1. The van der Waals surface area contributed by atoms with Crippen molar-refractivity contribution in [1.82, 2.24) is 5.32 Å². The molecule has 0 aliphatic heterocycles. The highest BCUT2D eigenvalue weighted by Crippen LogP contribution is 2.15. The highest BCUT2D eigenvalue weighted by Gasteiger charge is 2.30. The number of nitrogens with zero attached hydrogens (tertiary/aromatic N) is 1. The molecule has 1 aromatic rings. The van der Waals surface area contributed by atoms with Gasteiger partial charge < -0.3 is 5.32 Å². The second-order valence-electron chi connectivity index (χ2n) is 2.71. The number of hydrogen-bond acceptors (Lipinski definition) is 3. The molecule has 0 aromatic heterocycles. The number of nitro groups is 1. The molecule has 0 heterocycles. The number of hydrogen-bond donors (Lipinski definition) is 1. The Hall–Kier alpha value is -1.62. The predicted molar refractivity (Wildman–Crippen MR) is 57.5 cm³/mol. The van der Waals surface area contributed by atoms with Gasteiger partial charge in [0.1, 0.15) is 0 Å². The quantitative estimate of drug-likeness (QED) is 0.626. The maximum atomic E-state index is 11.2. The lowest BCUT2D eigenvalue weighted by Crippen LogP contribution is -2.30. The highest BCUT2D eigenvalue weighted by molar-refractivity contribution is 5.85. The summed E-state index contributed by atoms with van der Waals surface area (Å²) in [6.07, 6.45) is 0. The summed E-state index contributed by atoms with van der Waals surface area (Å²) in [5.74, 6) is -0.610. The minimum absolute atomic E-state index is 0. The van der Waals surface area contributed by atoms with Crippen LogP contribution in [0.1, 0.15) is 11.6 Å². The normalized spacial score (nSPS) is 11.0. The third-order valence-electron chi connectivity index (χ3n) is 1.82. The molecule has 1 N–H and O–H groups in total. The number of rotatable bonds is 3. The van der Waals surface area contributed by atoms with E-state index in [0.29, 0.717) is 5.56 Å². The molecule has 0 spiro atoms. The molecular weight excluding hydrogens is 220 g/mol. The lowest BCUT2D eigenvalue weighted by Gasteiger charge is -2.07. The van der Waals surface area contributed by atoms with Gasteiger partial charge in [-0.25, -0.2) is 0 Å². The van der Waals surface area contributed by atoms with Gasteiger partial charge in [0.25, 0.3) is 5.91 Å². The van der Waals surface area contributed by atoms with Gasteiger partial charge in [0.05, 0.1) is 0 Å². The van der Waals surface area contributed by atoms with Crippen LogP contribution in [0.25, 0.3) is 0 Å². The molecule has 1 aromatic carbocycles. The van der Waals surface area contributed by atoms with Crippen LogP contribution in [0.15, 0.2) is 30.3 Å². The van der Waals surface area contributed by atoms with Gasteiger partial charge in [0.15, 0.2) is 0 Å². The molecule has 5 nitrogen and oxygen atoms in total. The second kappa shape index (κ2) is 5.98. The highest BCUT2D eigenvalue weighted by atomic mass is 35.5. The molecule has 15 heavy (non-hydrogen) atoms. The summed E-state index contributed by atoms with van der Waals surface area (Å²) in [5.41, 5.74) is 0.386. The number of nitrogens with one attached hydrogen (secondary N) is 1. The first-order chi connectivity index (χ1) is 6.66. The predicted octanol–water partition coefficient (Wildman–Crippen LogP) is 1.17. The average Bonchev–Trinajstić information content (AvgIpc) is 2.19. The van der Waals surface area contributed by atoms with E-state index < -0.39 is 16.9 Å². The van der Waals surface area contributed by atoms with Crippen LogP contribution in [0, 0.1) is 10.1 Å². The average molecular weight is 231 g/mol. The summed E-state index contributed by atoms with van der Waals surface area (Å²) >= 11 is 0. The minimum atomic E-state index is -1.32. The van der Waals surface area contributed by atoms with Crippen LogP contribution in [0.4, 0.5) is 0 Å². The fraction of sp³-hybridized carbons (Fsp3) is 0.222. The molecule has 1 atom stereocenters. The van der Waals surface area contributed by atoms with Crippen LogP contribution < -0.4 is 5.32 Å². The second-order valence-corrected chi connectivity index (χ2v) is 2.71. The van der Waals surface area contributed by atoms with Gasteiger partial charge in [-0.05, 0) is 0 Å². The minimum Gasteiger partial charge on any atom is -0.353 e. The number of carbonyl (C=O) groups excluding carboxylic acids is 1. The summed E-state index contributed by atoms with van der Waals surface area (Å²) < 4.78 is 0. The third kappa shape index (κ3) is 3.21. The fourth-order valence-electron chi connectivity index (χ4n) is 1.14. The smallest absolute Gasteiger partial charge is 0.314 e. The SMILES string of the molecule is CNC(=O)C(c1ccccc1)[N+](=O)[O-].Cl. The van der Waals surface area contributed by atoms with Gasteiger partial charge in [-0.2, -0.15) is 0 Å². The monoisotopic (exact) mass is 230 g/mol. The summed E-state index contributed by atoms with van der Waals surface area (Å²) in [6, 6.07) is 6.86. The largest absolute Gasteiger partial charge is 0.353 e. The van der Waals surface area contributed by atoms with Gasteiger partial charge in [0.2, 0.25) is 0 Å². The molecular formula is C9H11ClN2O3. The standard InChI is InChI=1S/C9H10N2O3.ClH/c1-10-9(12)8(11(13)14)7-5-3-2-4-6-7;/h2-6,8H,1H3,(H,10,12);1H. The molecule has 0 aliphatic rings. The molecule has 0 aliphatic carbocycles. The van der Waals surface area contributed by atoms with Crippen molar-refractivity contribution in [3.63, 3.8) is 0 Å². The summed E-state index contributed by atoms with van der Waals surface area (Å²) in [7, 11) is 1.38. The lowest BCUT2D eigenvalue weighted by molar-refractivity contribution is -0.513. The summed E-state index contributed by atoms with van der Waals surface area (Å²) in [6.45, 7) is 0. The lowest BCUT2D eigenvalue weighted by atomic mass is 10.1. The number of carbonyl (C=O) groups is 1. The molecule has 0 saturated carbocycles. The van der Waals surface area contributed by atoms with Crippen molar-refractivity contribution in [2.24, 2.45) is 0 Å². The third-order valence-corrected chi connectivity index (χ3v) is 1.82. The first-order valence-corrected chi connectivity index (χ1v) is 4.07. The van der Waals surface area contributed by atoms with E-state index in [4.69, 9.17) is 0 Å². The van der Waals surface area contributed by atoms with Crippen LogP contribution >= 0.6 is 12.4 Å². The van der Waals surface area contributed by atoms with Gasteiger partial charge in [-0.15, -0.1) is 12.4 Å². The zero-order valence-electron chi connectivity index (χ0n) is 8.04. The van der Waals surface area contributed by atoms with Crippen LogP contribution in [0.2, 0.25) is 0 Å². The molecule has 82 valence electrons. The van der Waals surface area contributed by atoms with Gasteiger partial charge >= 0.3 is 6.04 Å². The van der Waals surface area contributed by atoms with Crippen LogP contribution in [0.3, 0.4) is 0 Å². The zero-order chi connectivity index (χ0) is 10.6. The number of halogens is 1. The number of amides is 1. The Balaban J connectivity index is 0.00000196. The van der Waals surface area contributed by atoms with E-state index in [0.717, 1.165) is 0 Å². The van der Waals surface area contributed by atoms with Crippen molar-refractivity contribution in [3.05, 3.63) is 46.0 Å². The first-order valence-electron chi connectivity index (χ1n) is 4.07. The van der Waals surface area contributed by atoms with E-state index in [1.165, 1.54) is 7.05 Å². The molecule has 1 amide bonds. The topological polar surface area (TPSA) is 72.2 Å². The zero-order valence-corrected chi connectivity index (χ0v) is 8.86. The van der Waals surface area contributed by atoms with E-state index in [1.54, 1.807) is 30.3 Å². The molecule has 0 fully saturated rings. The Labute approximate surface area is 93.0 Å².